The van der Waals surface area contributed by atoms with Crippen LogP contribution in [0.1, 0.15) is 11.1 Å². The summed E-state index contributed by atoms with van der Waals surface area (Å²) in [5.74, 6) is -0.0575. The van der Waals surface area contributed by atoms with Crippen LogP contribution in [0, 0.1) is 13.8 Å². The molecule has 0 spiro atoms. The number of rotatable bonds is 4. The van der Waals surface area contributed by atoms with Crippen molar-refractivity contribution in [1.29, 1.82) is 0 Å². The Morgan fingerprint density at radius 3 is 2.65 bits per heavy atom. The van der Waals surface area contributed by atoms with Gasteiger partial charge in [-0.05, 0) is 55.3 Å². The SMILES string of the molecule is Cc1cccc(NC(=O)CNc2ccc(Br)cc2C)c1. The third-order valence-electron chi connectivity index (χ3n) is 2.93. The Labute approximate surface area is 127 Å². The van der Waals surface area contributed by atoms with E-state index in [4.69, 9.17) is 0 Å². The van der Waals surface area contributed by atoms with E-state index in [0.717, 1.165) is 27.0 Å². The first-order valence-electron chi connectivity index (χ1n) is 6.41. The number of carbonyl (C=O) groups excluding carboxylic acids is 1. The van der Waals surface area contributed by atoms with Crippen molar-refractivity contribution >= 4 is 33.2 Å². The summed E-state index contributed by atoms with van der Waals surface area (Å²) >= 11 is 3.42. The molecule has 20 heavy (non-hydrogen) atoms. The molecule has 0 unspecified atom stereocenters. The minimum atomic E-state index is -0.0575. The summed E-state index contributed by atoms with van der Waals surface area (Å²) in [6.45, 7) is 4.25. The maximum Gasteiger partial charge on any atom is 0.243 e. The van der Waals surface area contributed by atoms with Crippen LogP contribution in [0.3, 0.4) is 0 Å². The number of carbonyl (C=O) groups is 1. The lowest BCUT2D eigenvalue weighted by atomic mass is 10.2. The predicted molar refractivity (Wildman–Crippen MR) is 87.2 cm³/mol. The highest BCUT2D eigenvalue weighted by atomic mass is 79.9. The molecule has 1 amide bonds. The molecule has 0 radical (unpaired) electrons. The van der Waals surface area contributed by atoms with Gasteiger partial charge in [-0.15, -0.1) is 0 Å². The maximum atomic E-state index is 11.9. The van der Waals surface area contributed by atoms with Crippen molar-refractivity contribution in [3.8, 4) is 0 Å². The largest absolute Gasteiger partial charge is 0.376 e. The summed E-state index contributed by atoms with van der Waals surface area (Å²) in [5, 5.41) is 6.02. The second kappa shape index (κ2) is 6.57. The number of halogens is 1. The van der Waals surface area contributed by atoms with Gasteiger partial charge >= 0.3 is 0 Å². The summed E-state index contributed by atoms with van der Waals surface area (Å²) in [7, 11) is 0. The van der Waals surface area contributed by atoms with Crippen molar-refractivity contribution in [2.24, 2.45) is 0 Å². The normalized spacial score (nSPS) is 10.2. The van der Waals surface area contributed by atoms with Gasteiger partial charge in [0.05, 0.1) is 6.54 Å². The number of benzene rings is 2. The zero-order valence-corrected chi connectivity index (χ0v) is 13.1. The highest BCUT2D eigenvalue weighted by Gasteiger charge is 2.04. The number of hydrogen-bond acceptors (Lipinski definition) is 2. The average Bonchev–Trinajstić information content (AvgIpc) is 2.37. The van der Waals surface area contributed by atoms with Crippen molar-refractivity contribution in [3.63, 3.8) is 0 Å². The highest BCUT2D eigenvalue weighted by molar-refractivity contribution is 9.10. The third kappa shape index (κ3) is 4.10. The van der Waals surface area contributed by atoms with E-state index in [1.807, 2.05) is 56.3 Å². The molecule has 0 bridgehead atoms. The number of anilines is 2. The zero-order chi connectivity index (χ0) is 14.5. The number of amides is 1. The first-order valence-corrected chi connectivity index (χ1v) is 7.20. The molecule has 2 aromatic carbocycles. The van der Waals surface area contributed by atoms with Crippen molar-refractivity contribution < 1.29 is 4.79 Å². The number of aryl methyl sites for hydroxylation is 2. The molecule has 0 aliphatic heterocycles. The van der Waals surface area contributed by atoms with Crippen molar-refractivity contribution in [2.75, 3.05) is 17.2 Å². The predicted octanol–water partition coefficient (Wildman–Crippen LogP) is 4.12. The summed E-state index contributed by atoms with van der Waals surface area (Å²) in [6, 6.07) is 13.7. The monoisotopic (exact) mass is 332 g/mol. The Morgan fingerprint density at radius 1 is 1.15 bits per heavy atom. The third-order valence-corrected chi connectivity index (χ3v) is 3.42. The van der Waals surface area contributed by atoms with Gasteiger partial charge < -0.3 is 10.6 Å². The summed E-state index contributed by atoms with van der Waals surface area (Å²) in [5.41, 5.74) is 4.01. The lowest BCUT2D eigenvalue weighted by Gasteiger charge is -2.10. The fraction of sp³-hybridized carbons (Fsp3) is 0.188. The molecule has 0 fully saturated rings. The molecule has 0 aliphatic rings. The Bertz CT molecular complexity index is 626. The molecule has 0 aliphatic carbocycles. The molecule has 4 heteroatoms. The van der Waals surface area contributed by atoms with Crippen LogP contribution < -0.4 is 10.6 Å². The Morgan fingerprint density at radius 2 is 1.95 bits per heavy atom. The molecule has 2 rings (SSSR count). The molecule has 0 heterocycles. The van der Waals surface area contributed by atoms with Crippen LogP contribution in [0.2, 0.25) is 0 Å². The molecule has 3 nitrogen and oxygen atoms in total. The average molecular weight is 333 g/mol. The Hall–Kier alpha value is -1.81. The molecule has 0 aromatic heterocycles. The fourth-order valence-electron chi connectivity index (χ4n) is 1.93. The zero-order valence-electron chi connectivity index (χ0n) is 11.5. The van der Waals surface area contributed by atoms with Crippen molar-refractivity contribution in [2.45, 2.75) is 13.8 Å². The van der Waals surface area contributed by atoms with E-state index in [-0.39, 0.29) is 12.5 Å². The van der Waals surface area contributed by atoms with Crippen LogP contribution in [0.25, 0.3) is 0 Å². The van der Waals surface area contributed by atoms with E-state index in [0.29, 0.717) is 0 Å². The van der Waals surface area contributed by atoms with Crippen LogP contribution in [0.4, 0.5) is 11.4 Å². The lowest BCUT2D eigenvalue weighted by Crippen LogP contribution is -2.22. The molecule has 0 saturated carbocycles. The molecule has 0 saturated heterocycles. The van der Waals surface area contributed by atoms with Crippen LogP contribution >= 0.6 is 15.9 Å². The highest BCUT2D eigenvalue weighted by Crippen LogP contribution is 2.19. The van der Waals surface area contributed by atoms with Gasteiger partial charge in [-0.2, -0.15) is 0 Å². The van der Waals surface area contributed by atoms with Gasteiger partial charge in [-0.3, -0.25) is 4.79 Å². The minimum Gasteiger partial charge on any atom is -0.376 e. The van der Waals surface area contributed by atoms with Gasteiger partial charge in [0, 0.05) is 15.8 Å². The topological polar surface area (TPSA) is 41.1 Å². The second-order valence-electron chi connectivity index (χ2n) is 4.73. The van der Waals surface area contributed by atoms with Gasteiger partial charge in [0.2, 0.25) is 5.91 Å². The van der Waals surface area contributed by atoms with Gasteiger partial charge in [0.15, 0.2) is 0 Å². The molecular weight excluding hydrogens is 316 g/mol. The van der Waals surface area contributed by atoms with E-state index < -0.39 is 0 Å². The van der Waals surface area contributed by atoms with Crippen molar-refractivity contribution in [1.82, 2.24) is 0 Å². The van der Waals surface area contributed by atoms with Crippen LogP contribution in [-0.2, 0) is 4.79 Å². The van der Waals surface area contributed by atoms with E-state index in [1.165, 1.54) is 0 Å². The van der Waals surface area contributed by atoms with E-state index in [1.54, 1.807) is 0 Å². The molecule has 104 valence electrons. The number of hydrogen-bond donors (Lipinski definition) is 2. The van der Waals surface area contributed by atoms with Gasteiger partial charge in [0.1, 0.15) is 0 Å². The maximum absolute atomic E-state index is 11.9. The first kappa shape index (κ1) is 14.6. The van der Waals surface area contributed by atoms with Crippen LogP contribution in [0.15, 0.2) is 46.9 Å². The standard InChI is InChI=1S/C16H17BrN2O/c1-11-4-3-5-14(8-11)19-16(20)10-18-15-7-6-13(17)9-12(15)2/h3-9,18H,10H2,1-2H3,(H,19,20). The van der Waals surface area contributed by atoms with E-state index >= 15 is 0 Å². The second-order valence-corrected chi connectivity index (χ2v) is 5.65. The van der Waals surface area contributed by atoms with Crippen LogP contribution in [-0.4, -0.2) is 12.5 Å². The van der Waals surface area contributed by atoms with Crippen molar-refractivity contribution in [3.05, 3.63) is 58.1 Å². The first-order chi connectivity index (χ1) is 9.54. The van der Waals surface area contributed by atoms with E-state index in [2.05, 4.69) is 26.6 Å². The summed E-state index contributed by atoms with van der Waals surface area (Å²) < 4.78 is 1.03. The summed E-state index contributed by atoms with van der Waals surface area (Å²) in [6.07, 6.45) is 0. The van der Waals surface area contributed by atoms with Gasteiger partial charge in [0.25, 0.3) is 0 Å². The molecule has 0 atom stereocenters. The van der Waals surface area contributed by atoms with Crippen LogP contribution in [0.5, 0.6) is 0 Å². The summed E-state index contributed by atoms with van der Waals surface area (Å²) in [4.78, 5) is 11.9. The van der Waals surface area contributed by atoms with Gasteiger partial charge in [-0.1, -0.05) is 28.1 Å². The minimum absolute atomic E-state index is 0.0575. The lowest BCUT2D eigenvalue weighted by molar-refractivity contribution is -0.114. The molecule has 2 N–H and O–H groups in total. The Balaban J connectivity index is 1.92. The number of nitrogens with one attached hydrogen (secondary N) is 2. The van der Waals surface area contributed by atoms with Gasteiger partial charge in [-0.25, -0.2) is 0 Å². The van der Waals surface area contributed by atoms with E-state index in [9.17, 15) is 4.79 Å². The Kier molecular flexibility index (Phi) is 4.79. The fourth-order valence-corrected chi connectivity index (χ4v) is 2.40. The smallest absolute Gasteiger partial charge is 0.243 e. The quantitative estimate of drug-likeness (QED) is 0.884. The molecule has 2 aromatic rings. The molecular formula is C16H17BrN2O.